The molecule has 5 amide bonds. The first-order chi connectivity index (χ1) is 28.5. The van der Waals surface area contributed by atoms with Gasteiger partial charge in [-0.25, -0.2) is 0 Å². The van der Waals surface area contributed by atoms with E-state index in [2.05, 4.69) is 80.1 Å². The van der Waals surface area contributed by atoms with Crippen LogP contribution in [-0.4, -0.2) is 158 Å². The molecule has 15 nitrogen and oxygen atoms in total. The lowest BCUT2D eigenvalue weighted by Crippen LogP contribution is -2.44. The van der Waals surface area contributed by atoms with Crippen molar-refractivity contribution in [3.63, 3.8) is 0 Å². The van der Waals surface area contributed by atoms with Gasteiger partial charge in [-0.05, 0) is 98.6 Å². The van der Waals surface area contributed by atoms with E-state index in [1.165, 1.54) is 12.2 Å². The Balaban J connectivity index is 0. The Bertz CT molecular complexity index is 1310. The molecule has 3 atom stereocenters. The smallest absolute Gasteiger partial charge is 0.253 e. The number of carbonyl (C=O) groups excluding carboxylic acids is 8. The standard InChI is InChI=1S/C18H29N3O4.C14H28N2O2.C13H25IN2O2/c1-13(2)12-15(20(3)4)18(25)19-10-5-6-14(22)9-11-21-16(23)7-8-17(21)24;1-6-12(17)8-7-9-15-14(18)13(16(4)5)10-11(2)3;1-10(2)8-12(16(3)4)13(18)15-7-5-6-11(17)9-14/h7-8,13,15H,5-6,9-12H2,1-4H3,(H,19,25);11,13H,6-10H2,1-5H3,(H,15,18);10,12H,5-9H2,1-4H3,(H,15,18). The van der Waals surface area contributed by atoms with Crippen LogP contribution >= 0.6 is 22.6 Å². The second-order valence-corrected chi connectivity index (χ2v) is 18.3. The molecule has 0 aromatic rings. The van der Waals surface area contributed by atoms with Crippen molar-refractivity contribution in [2.75, 3.05) is 72.9 Å². The summed E-state index contributed by atoms with van der Waals surface area (Å²) in [6, 6.07) is -0.326. The Hall–Kier alpha value is -3.09. The molecule has 0 aromatic heterocycles. The highest BCUT2D eigenvalue weighted by Gasteiger charge is 2.25. The fraction of sp³-hybridized carbons (Fsp3) is 0.778. The van der Waals surface area contributed by atoms with Gasteiger partial charge in [0.15, 0.2) is 0 Å². The quantitative estimate of drug-likeness (QED) is 0.0417. The molecule has 0 aliphatic carbocycles. The van der Waals surface area contributed by atoms with Crippen molar-refractivity contribution in [1.82, 2.24) is 35.6 Å². The van der Waals surface area contributed by atoms with Gasteiger partial charge in [0.2, 0.25) is 17.7 Å². The maximum Gasteiger partial charge on any atom is 0.253 e. The van der Waals surface area contributed by atoms with E-state index in [0.717, 1.165) is 37.0 Å². The summed E-state index contributed by atoms with van der Waals surface area (Å²) < 4.78 is 0.555. The van der Waals surface area contributed by atoms with E-state index in [1.807, 2.05) is 63.9 Å². The zero-order chi connectivity index (χ0) is 47.2. The highest BCUT2D eigenvalue weighted by molar-refractivity contribution is 14.1. The first-order valence-corrected chi connectivity index (χ1v) is 23.5. The maximum absolute atomic E-state index is 12.2. The first kappa shape index (κ1) is 60.0. The highest BCUT2D eigenvalue weighted by Crippen LogP contribution is 2.12. The number of imide groups is 1. The molecule has 61 heavy (non-hydrogen) atoms. The summed E-state index contributed by atoms with van der Waals surface area (Å²) in [6.45, 7) is 16.2. The molecule has 16 heteroatoms. The van der Waals surface area contributed by atoms with Crippen LogP contribution in [0.15, 0.2) is 12.2 Å². The third-order valence-corrected chi connectivity index (χ3v) is 10.6. The van der Waals surface area contributed by atoms with E-state index >= 15 is 0 Å². The van der Waals surface area contributed by atoms with Crippen LogP contribution in [0.5, 0.6) is 0 Å². The summed E-state index contributed by atoms with van der Waals surface area (Å²) >= 11 is 2.07. The number of carbonyl (C=O) groups is 8. The highest BCUT2D eigenvalue weighted by atomic mass is 127. The third kappa shape index (κ3) is 29.8. The van der Waals surface area contributed by atoms with Gasteiger partial charge in [0.1, 0.15) is 17.3 Å². The van der Waals surface area contributed by atoms with E-state index in [4.69, 9.17) is 0 Å². The zero-order valence-electron chi connectivity index (χ0n) is 39.9. The molecule has 1 heterocycles. The van der Waals surface area contributed by atoms with Crippen molar-refractivity contribution in [2.45, 2.75) is 137 Å². The zero-order valence-corrected chi connectivity index (χ0v) is 42.0. The largest absolute Gasteiger partial charge is 0.355 e. The van der Waals surface area contributed by atoms with E-state index < -0.39 is 0 Å². The molecule has 0 saturated carbocycles. The molecule has 0 saturated heterocycles. The van der Waals surface area contributed by atoms with Crippen molar-refractivity contribution in [3.05, 3.63) is 12.2 Å². The van der Waals surface area contributed by atoms with Crippen LogP contribution in [0.2, 0.25) is 0 Å². The summed E-state index contributed by atoms with van der Waals surface area (Å²) in [7, 11) is 11.5. The predicted octanol–water partition coefficient (Wildman–Crippen LogP) is 4.44. The number of nitrogens with one attached hydrogen (secondary N) is 3. The average molecular weight is 976 g/mol. The normalized spacial score (nSPS) is 13.9. The van der Waals surface area contributed by atoms with E-state index in [0.29, 0.717) is 73.9 Å². The van der Waals surface area contributed by atoms with Crippen LogP contribution in [0.3, 0.4) is 0 Å². The number of ketones is 3. The van der Waals surface area contributed by atoms with E-state index in [-0.39, 0.29) is 78.0 Å². The van der Waals surface area contributed by atoms with Gasteiger partial charge < -0.3 is 16.0 Å². The molecule has 1 aliphatic rings. The maximum atomic E-state index is 12.2. The average Bonchev–Trinajstić information content (AvgIpc) is 3.51. The van der Waals surface area contributed by atoms with Crippen molar-refractivity contribution in [1.29, 1.82) is 0 Å². The third-order valence-electron chi connectivity index (χ3n) is 9.72. The summed E-state index contributed by atoms with van der Waals surface area (Å²) in [5.41, 5.74) is 0. The molecule has 0 radical (unpaired) electrons. The second-order valence-electron chi connectivity index (χ2n) is 17.5. The summed E-state index contributed by atoms with van der Waals surface area (Å²) in [4.78, 5) is 99.9. The van der Waals surface area contributed by atoms with Crippen molar-refractivity contribution >= 4 is 69.5 Å². The van der Waals surface area contributed by atoms with Crippen LogP contribution in [-0.2, 0) is 38.4 Å². The number of nitrogens with zero attached hydrogens (tertiary/aromatic N) is 4. The lowest BCUT2D eigenvalue weighted by Gasteiger charge is -2.24. The molecular formula is C45H82IN7O8. The van der Waals surface area contributed by atoms with Gasteiger partial charge in [-0.2, -0.15) is 0 Å². The molecule has 0 aromatic carbocycles. The number of halogens is 1. The number of hydrogen-bond donors (Lipinski definition) is 3. The van der Waals surface area contributed by atoms with E-state index in [1.54, 1.807) is 0 Å². The lowest BCUT2D eigenvalue weighted by molar-refractivity contribution is -0.137. The molecular weight excluding hydrogens is 893 g/mol. The molecule has 0 fully saturated rings. The van der Waals surface area contributed by atoms with Gasteiger partial charge in [0.05, 0.1) is 22.6 Å². The Morgan fingerprint density at radius 3 is 1.13 bits per heavy atom. The number of Topliss-reactive ketones (excluding diaryl/α,β-unsaturated/α-hetero) is 3. The Morgan fingerprint density at radius 1 is 0.541 bits per heavy atom. The summed E-state index contributed by atoms with van der Waals surface area (Å²) in [5.74, 6) is 1.26. The van der Waals surface area contributed by atoms with Crippen molar-refractivity contribution in [3.8, 4) is 0 Å². The minimum atomic E-state index is -0.370. The number of alkyl halides is 1. The lowest BCUT2D eigenvalue weighted by atomic mass is 10.0. The number of rotatable bonds is 29. The topological polar surface area (TPSA) is 186 Å². The monoisotopic (exact) mass is 976 g/mol. The van der Waals surface area contributed by atoms with Gasteiger partial charge in [-0.1, -0.05) is 71.1 Å². The van der Waals surface area contributed by atoms with Crippen molar-refractivity contribution < 1.29 is 38.4 Å². The van der Waals surface area contributed by atoms with Gasteiger partial charge in [0, 0.05) is 70.4 Å². The number of hydrogen-bond acceptors (Lipinski definition) is 11. The van der Waals surface area contributed by atoms with E-state index in [9.17, 15) is 38.4 Å². The van der Waals surface area contributed by atoms with Crippen LogP contribution in [0.25, 0.3) is 0 Å². The molecule has 0 spiro atoms. The molecule has 0 bridgehead atoms. The number of amides is 5. The van der Waals surface area contributed by atoms with Crippen LogP contribution in [0.4, 0.5) is 0 Å². The molecule has 3 unspecified atom stereocenters. The van der Waals surface area contributed by atoms with Crippen LogP contribution in [0, 0.1) is 17.8 Å². The Kier molecular flexibility index (Phi) is 33.8. The van der Waals surface area contributed by atoms with Gasteiger partial charge in [0.25, 0.3) is 11.8 Å². The van der Waals surface area contributed by atoms with Gasteiger partial charge in [-0.15, -0.1) is 0 Å². The molecule has 3 N–H and O–H groups in total. The molecule has 1 rings (SSSR count). The minimum absolute atomic E-state index is 0.0203. The number of likely N-dealkylation sites (N-methyl/N-ethyl adjacent to an activating group) is 3. The molecule has 1 aliphatic heterocycles. The van der Waals surface area contributed by atoms with Gasteiger partial charge in [-0.3, -0.25) is 58.0 Å². The molecule has 352 valence electrons. The SMILES string of the molecule is CC(C)CC(C(=O)NCCCC(=O)CCN1C(=O)C=CC1=O)N(C)C.CC(C)CC(C(=O)NCCCC(=O)CI)N(C)C.CCC(=O)CCCNC(=O)C(CC(C)C)N(C)C. The Labute approximate surface area is 381 Å². The summed E-state index contributed by atoms with van der Waals surface area (Å²) in [6.07, 6.45) is 9.10. The van der Waals surface area contributed by atoms with Crippen molar-refractivity contribution in [2.24, 2.45) is 17.8 Å². The van der Waals surface area contributed by atoms with Gasteiger partial charge >= 0.3 is 0 Å². The fourth-order valence-electron chi connectivity index (χ4n) is 6.10. The second kappa shape index (κ2) is 34.4. The van der Waals surface area contributed by atoms with Crippen LogP contribution in [0.1, 0.15) is 119 Å². The predicted molar refractivity (Wildman–Crippen MR) is 252 cm³/mol. The summed E-state index contributed by atoms with van der Waals surface area (Å²) in [5, 5.41) is 8.70. The Morgan fingerprint density at radius 2 is 0.852 bits per heavy atom. The fourth-order valence-corrected chi connectivity index (χ4v) is 6.48. The van der Waals surface area contributed by atoms with Crippen LogP contribution < -0.4 is 16.0 Å². The first-order valence-electron chi connectivity index (χ1n) is 22.0. The minimum Gasteiger partial charge on any atom is -0.355 e.